The predicted octanol–water partition coefficient (Wildman–Crippen LogP) is 10.7. The minimum Gasteiger partial charge on any atom is -0.494 e. The second kappa shape index (κ2) is 20.8. The number of aromatic nitrogens is 1. The van der Waals surface area contributed by atoms with Gasteiger partial charge < -0.3 is 23.5 Å². The molecule has 2 aromatic carbocycles. The lowest BCUT2D eigenvalue weighted by atomic mass is 10.0. The Morgan fingerprint density at radius 2 is 1.11 bits per heavy atom. The van der Waals surface area contributed by atoms with Crippen LogP contribution in [0.1, 0.15) is 125 Å². The summed E-state index contributed by atoms with van der Waals surface area (Å²) in [6.07, 6.45) is 18.4. The van der Waals surface area contributed by atoms with E-state index in [0.717, 1.165) is 41.9 Å². The van der Waals surface area contributed by atoms with Crippen molar-refractivity contribution in [2.24, 2.45) is 0 Å². The molecule has 0 fully saturated rings. The van der Waals surface area contributed by atoms with Gasteiger partial charge in [-0.25, -0.2) is 0 Å². The van der Waals surface area contributed by atoms with Crippen molar-refractivity contribution in [3.63, 3.8) is 0 Å². The third-order valence-corrected chi connectivity index (χ3v) is 8.35. The van der Waals surface area contributed by atoms with Crippen LogP contribution in [0.3, 0.4) is 0 Å². The van der Waals surface area contributed by atoms with Crippen LogP contribution < -0.4 is 24.4 Å². The molecule has 1 aromatic heterocycles. The first-order valence-electron chi connectivity index (χ1n) is 18.0. The summed E-state index contributed by atoms with van der Waals surface area (Å²) in [7, 11) is 0. The van der Waals surface area contributed by atoms with Crippen LogP contribution in [0.4, 0.5) is 0 Å². The molecule has 0 saturated carbocycles. The molecule has 1 heterocycles. The number of rotatable bonds is 24. The lowest BCUT2D eigenvalue weighted by molar-refractivity contribution is 0.288. The van der Waals surface area contributed by atoms with Crippen molar-refractivity contribution < 1.29 is 18.9 Å². The topological polar surface area (TPSA) is 58.9 Å². The van der Waals surface area contributed by atoms with E-state index in [9.17, 15) is 4.79 Å². The lowest BCUT2D eigenvalue weighted by Crippen LogP contribution is -2.17. The summed E-state index contributed by atoms with van der Waals surface area (Å²) in [4.78, 5) is 13.9. The highest BCUT2D eigenvalue weighted by Gasteiger charge is 2.22. The molecule has 0 saturated heterocycles. The van der Waals surface area contributed by atoms with Crippen LogP contribution in [0.5, 0.6) is 23.0 Å². The summed E-state index contributed by atoms with van der Waals surface area (Å²) < 4.78 is 26.1. The first-order valence-corrected chi connectivity index (χ1v) is 18.0. The minimum absolute atomic E-state index is 0.103. The maximum absolute atomic E-state index is 13.9. The summed E-state index contributed by atoms with van der Waals surface area (Å²) >= 11 is 0. The Kier molecular flexibility index (Phi) is 16.8. The molecule has 0 bridgehead atoms. The van der Waals surface area contributed by atoms with Crippen LogP contribution in [0.15, 0.2) is 41.2 Å². The molecule has 6 nitrogen and oxygen atoms in total. The van der Waals surface area contributed by atoms with Crippen molar-refractivity contribution in [2.45, 2.75) is 131 Å². The van der Waals surface area contributed by atoms with Gasteiger partial charge in [-0.2, -0.15) is 0 Å². The van der Waals surface area contributed by atoms with E-state index in [4.69, 9.17) is 18.9 Å². The van der Waals surface area contributed by atoms with Crippen LogP contribution in [-0.2, 0) is 6.54 Å². The normalized spacial score (nSPS) is 11.2. The molecule has 0 radical (unpaired) electrons. The zero-order chi connectivity index (χ0) is 32.3. The van der Waals surface area contributed by atoms with Crippen molar-refractivity contribution in [2.75, 3.05) is 26.4 Å². The van der Waals surface area contributed by atoms with Gasteiger partial charge in [0.15, 0.2) is 17.2 Å². The number of ether oxygens (including phenoxy) is 4. The van der Waals surface area contributed by atoms with Crippen LogP contribution in [-0.4, -0.2) is 31.0 Å². The molecule has 3 rings (SSSR count). The van der Waals surface area contributed by atoms with Gasteiger partial charge in [-0.05, 0) is 64.4 Å². The van der Waals surface area contributed by atoms with Gasteiger partial charge in [-0.1, -0.05) is 90.4 Å². The van der Waals surface area contributed by atoms with Crippen molar-refractivity contribution in [3.05, 3.63) is 46.6 Å². The third-order valence-electron chi connectivity index (χ3n) is 8.35. The maximum atomic E-state index is 13.9. The predicted molar refractivity (Wildman–Crippen MR) is 189 cm³/mol. The second-order valence-electron chi connectivity index (χ2n) is 11.8. The molecule has 0 atom stereocenters. The summed E-state index contributed by atoms with van der Waals surface area (Å²) in [5.41, 5.74) is 2.41. The maximum Gasteiger partial charge on any atom is 0.231 e. The van der Waals surface area contributed by atoms with E-state index in [0.29, 0.717) is 49.1 Å². The summed E-state index contributed by atoms with van der Waals surface area (Å²) in [6, 6.07) is 11.7. The summed E-state index contributed by atoms with van der Waals surface area (Å²) in [5, 5.41) is 0.645. The number of pyridine rings is 1. The minimum atomic E-state index is -0.103. The molecule has 0 aliphatic carbocycles. The molecule has 0 unspecified atom stereocenters. The number of unbranched alkanes of at least 4 members (excludes halogenated alkanes) is 13. The molecule has 0 aliphatic heterocycles. The van der Waals surface area contributed by atoms with E-state index in [-0.39, 0.29) is 5.43 Å². The SMILES string of the molecule is CCCCCCCCCCCCCCCCn1c(-c2ccc(OCC)c(OCC)c2)c(OCC)c(=O)c2ccc(OCC)cc21. The molecule has 6 heteroatoms. The molecular formula is C39H59NO5. The Hall–Kier alpha value is -3.15. The number of hydrogen-bond donors (Lipinski definition) is 0. The Balaban J connectivity index is 1.80. The Labute approximate surface area is 272 Å². The quantitative estimate of drug-likeness (QED) is 0.0931. The lowest BCUT2D eigenvalue weighted by Gasteiger charge is -2.22. The van der Waals surface area contributed by atoms with E-state index < -0.39 is 0 Å². The van der Waals surface area contributed by atoms with E-state index >= 15 is 0 Å². The number of aryl methyl sites for hydroxylation is 1. The molecule has 0 amide bonds. The Morgan fingerprint density at radius 1 is 0.556 bits per heavy atom. The summed E-state index contributed by atoms with van der Waals surface area (Å²) in [5.74, 6) is 2.50. The molecule has 0 spiro atoms. The smallest absolute Gasteiger partial charge is 0.231 e. The van der Waals surface area contributed by atoms with Gasteiger partial charge in [0.2, 0.25) is 5.43 Å². The van der Waals surface area contributed by atoms with Gasteiger partial charge in [0.05, 0.1) is 37.6 Å². The molecule has 3 aromatic rings. The highest BCUT2D eigenvalue weighted by Crippen LogP contribution is 2.38. The number of hydrogen-bond acceptors (Lipinski definition) is 5. The fourth-order valence-corrected chi connectivity index (χ4v) is 6.12. The van der Waals surface area contributed by atoms with Crippen LogP contribution in [0, 0.1) is 0 Å². The Morgan fingerprint density at radius 3 is 1.69 bits per heavy atom. The first-order chi connectivity index (χ1) is 22.1. The van der Waals surface area contributed by atoms with E-state index in [1.807, 2.05) is 64.1 Å². The highest BCUT2D eigenvalue weighted by atomic mass is 16.5. The molecule has 0 aliphatic rings. The number of benzene rings is 2. The molecular weight excluding hydrogens is 562 g/mol. The average Bonchev–Trinajstić information content (AvgIpc) is 3.04. The average molecular weight is 622 g/mol. The number of fused-ring (bicyclic) bond motifs is 1. The molecule has 0 N–H and O–H groups in total. The van der Waals surface area contributed by atoms with Gasteiger partial charge in [0, 0.05) is 23.6 Å². The van der Waals surface area contributed by atoms with Crippen LogP contribution in [0.25, 0.3) is 22.2 Å². The van der Waals surface area contributed by atoms with Crippen LogP contribution >= 0.6 is 0 Å². The van der Waals surface area contributed by atoms with E-state index in [2.05, 4.69) is 11.5 Å². The van der Waals surface area contributed by atoms with Crippen molar-refractivity contribution in [1.29, 1.82) is 0 Å². The van der Waals surface area contributed by atoms with Gasteiger partial charge in [-0.3, -0.25) is 4.79 Å². The monoisotopic (exact) mass is 621 g/mol. The van der Waals surface area contributed by atoms with Crippen molar-refractivity contribution in [1.82, 2.24) is 4.57 Å². The van der Waals surface area contributed by atoms with E-state index in [1.54, 1.807) is 0 Å². The van der Waals surface area contributed by atoms with E-state index in [1.165, 1.54) is 77.0 Å². The van der Waals surface area contributed by atoms with Gasteiger partial charge >= 0.3 is 0 Å². The van der Waals surface area contributed by atoms with Crippen molar-refractivity contribution >= 4 is 10.9 Å². The van der Waals surface area contributed by atoms with Gasteiger partial charge in [-0.15, -0.1) is 0 Å². The zero-order valence-corrected chi connectivity index (χ0v) is 28.9. The fourth-order valence-electron chi connectivity index (χ4n) is 6.12. The van der Waals surface area contributed by atoms with Crippen molar-refractivity contribution in [3.8, 4) is 34.3 Å². The largest absolute Gasteiger partial charge is 0.494 e. The van der Waals surface area contributed by atoms with Gasteiger partial charge in [0.25, 0.3) is 0 Å². The standard InChI is InChI=1S/C39H59NO5/c1-6-11-12-13-14-15-16-17-18-19-20-21-22-23-28-40-34-30-32(42-7-2)25-26-33(34)38(41)39(45-10-5)37(40)31-24-27-35(43-8-3)36(29-31)44-9-4/h24-27,29-30H,6-23,28H2,1-5H3. The van der Waals surface area contributed by atoms with Crippen LogP contribution in [0.2, 0.25) is 0 Å². The van der Waals surface area contributed by atoms with Gasteiger partial charge in [0.1, 0.15) is 5.75 Å². The third kappa shape index (κ3) is 11.0. The highest BCUT2D eigenvalue weighted by molar-refractivity contribution is 5.87. The number of nitrogens with zero attached hydrogens (tertiary/aromatic N) is 1. The molecule has 45 heavy (non-hydrogen) atoms. The first kappa shape index (κ1) is 36.3. The summed E-state index contributed by atoms with van der Waals surface area (Å²) in [6.45, 7) is 12.9. The zero-order valence-electron chi connectivity index (χ0n) is 28.9. The second-order valence-corrected chi connectivity index (χ2v) is 11.8. The molecule has 250 valence electrons. The fraction of sp³-hybridized carbons (Fsp3) is 0.615. The Bertz CT molecular complexity index is 1330.